The van der Waals surface area contributed by atoms with Crippen molar-refractivity contribution in [3.63, 3.8) is 0 Å². The number of amides is 5. The second-order valence-corrected chi connectivity index (χ2v) is 12.4. The molecule has 0 radical (unpaired) electrons. The zero-order chi connectivity index (χ0) is 41.4. The molecule has 3 aromatic rings. The molecule has 17 heteroatoms. The first-order valence-corrected chi connectivity index (χ1v) is 18.0. The van der Waals surface area contributed by atoms with Crippen LogP contribution in [0.4, 0.5) is 4.79 Å². The Hall–Kier alpha value is -6.78. The van der Waals surface area contributed by atoms with E-state index in [1.54, 1.807) is 84.9 Å². The van der Waals surface area contributed by atoms with E-state index in [2.05, 4.69) is 26.6 Å². The van der Waals surface area contributed by atoms with Gasteiger partial charge in [-0.2, -0.15) is 0 Å². The molecule has 17 nitrogen and oxygen atoms in total. The molecule has 3 aromatic carbocycles. The van der Waals surface area contributed by atoms with Crippen LogP contribution in [0.1, 0.15) is 42.4 Å². The number of esters is 3. The molecule has 0 aliphatic heterocycles. The maximum Gasteiger partial charge on any atom is 0.408 e. The summed E-state index contributed by atoms with van der Waals surface area (Å²) < 4.78 is 19.8. The second-order valence-electron chi connectivity index (χ2n) is 12.4. The van der Waals surface area contributed by atoms with E-state index in [9.17, 15) is 38.4 Å². The summed E-state index contributed by atoms with van der Waals surface area (Å²) >= 11 is 0. The lowest BCUT2D eigenvalue weighted by Crippen LogP contribution is -2.51. The van der Waals surface area contributed by atoms with E-state index >= 15 is 0 Å². The van der Waals surface area contributed by atoms with Gasteiger partial charge in [-0.25, -0.2) is 14.4 Å². The van der Waals surface area contributed by atoms with E-state index < -0.39 is 72.2 Å². The van der Waals surface area contributed by atoms with Crippen molar-refractivity contribution >= 4 is 47.6 Å². The van der Waals surface area contributed by atoms with Crippen molar-refractivity contribution in [1.29, 1.82) is 0 Å². The number of rotatable bonds is 22. The van der Waals surface area contributed by atoms with Gasteiger partial charge in [0.2, 0.25) is 23.6 Å². The van der Waals surface area contributed by atoms with Crippen molar-refractivity contribution in [3.8, 4) is 0 Å². The van der Waals surface area contributed by atoms with Gasteiger partial charge in [-0.1, -0.05) is 91.0 Å². The van der Waals surface area contributed by atoms with Gasteiger partial charge in [0, 0.05) is 25.8 Å². The minimum absolute atomic E-state index is 0.0390. The minimum Gasteiger partial charge on any atom is -0.467 e. The van der Waals surface area contributed by atoms with Crippen LogP contribution in [0.3, 0.4) is 0 Å². The van der Waals surface area contributed by atoms with Crippen LogP contribution in [0.15, 0.2) is 91.0 Å². The van der Waals surface area contributed by atoms with Gasteiger partial charge in [0.25, 0.3) is 0 Å². The largest absolute Gasteiger partial charge is 0.467 e. The lowest BCUT2D eigenvalue weighted by Gasteiger charge is -2.21. The van der Waals surface area contributed by atoms with Gasteiger partial charge in [0.15, 0.2) is 0 Å². The molecule has 3 atom stereocenters. The van der Waals surface area contributed by atoms with Crippen molar-refractivity contribution in [2.45, 2.75) is 63.4 Å². The summed E-state index contributed by atoms with van der Waals surface area (Å²) in [5, 5.41) is 12.4. The molecule has 5 amide bonds. The highest BCUT2D eigenvalue weighted by atomic mass is 16.6. The number of carbonyl (C=O) groups is 8. The topological polar surface area (TPSA) is 234 Å². The van der Waals surface area contributed by atoms with Crippen LogP contribution in [0.5, 0.6) is 0 Å². The Balaban J connectivity index is 1.50. The minimum atomic E-state index is -1.43. The predicted octanol–water partition coefficient (Wildman–Crippen LogP) is 1.38. The smallest absolute Gasteiger partial charge is 0.408 e. The Labute approximate surface area is 329 Å². The van der Waals surface area contributed by atoms with Crippen LogP contribution < -0.4 is 26.6 Å². The molecule has 304 valence electrons. The molecule has 0 spiro atoms. The molecule has 0 unspecified atom stereocenters. The van der Waals surface area contributed by atoms with Gasteiger partial charge < -0.3 is 45.5 Å². The normalized spacial score (nSPS) is 12.0. The Kier molecular flexibility index (Phi) is 19.2. The van der Waals surface area contributed by atoms with Gasteiger partial charge in [-0.15, -0.1) is 0 Å². The third-order valence-corrected chi connectivity index (χ3v) is 8.12. The highest BCUT2D eigenvalue weighted by molar-refractivity contribution is 5.92. The number of ether oxygens (including phenoxy) is 4. The zero-order valence-corrected chi connectivity index (χ0v) is 31.7. The van der Waals surface area contributed by atoms with Crippen molar-refractivity contribution < 1.29 is 57.3 Å². The lowest BCUT2D eigenvalue weighted by molar-refractivity contribution is -0.146. The highest BCUT2D eigenvalue weighted by Gasteiger charge is 2.29. The van der Waals surface area contributed by atoms with Gasteiger partial charge in [0.05, 0.1) is 20.6 Å². The number of hydrogen-bond acceptors (Lipinski definition) is 12. The van der Waals surface area contributed by atoms with Gasteiger partial charge in [-0.05, 0) is 23.1 Å². The van der Waals surface area contributed by atoms with Gasteiger partial charge >= 0.3 is 24.0 Å². The third-order valence-electron chi connectivity index (χ3n) is 8.12. The molecule has 0 aliphatic carbocycles. The molecular formula is C40H47N5O12. The van der Waals surface area contributed by atoms with Gasteiger partial charge in [-0.3, -0.25) is 24.0 Å². The summed E-state index contributed by atoms with van der Waals surface area (Å²) in [6.45, 7) is -0.635. The molecule has 3 rings (SSSR count). The van der Waals surface area contributed by atoms with E-state index in [1.807, 2.05) is 6.07 Å². The van der Waals surface area contributed by atoms with Crippen LogP contribution in [0.25, 0.3) is 0 Å². The Bertz CT molecular complexity index is 1790. The summed E-state index contributed by atoms with van der Waals surface area (Å²) in [5.74, 6) is -5.02. The van der Waals surface area contributed by atoms with Gasteiger partial charge in [0.1, 0.15) is 37.9 Å². The molecule has 0 bridgehead atoms. The first-order valence-electron chi connectivity index (χ1n) is 18.0. The van der Waals surface area contributed by atoms with Crippen molar-refractivity contribution in [2.24, 2.45) is 0 Å². The summed E-state index contributed by atoms with van der Waals surface area (Å²) in [7, 11) is 2.21. The monoisotopic (exact) mass is 789 g/mol. The SMILES string of the molecule is COC(=O)[C@@H](CCC(=O)NCC(=O)OCc1ccccc1)NC(=O)CCNC(=O)[C@H](Cc1ccccc1)NC(=O)C[C@@H](NC(=O)OCc1ccccc1)C(=O)OC. The Morgan fingerprint density at radius 1 is 0.544 bits per heavy atom. The molecule has 5 N–H and O–H groups in total. The number of carbonyl (C=O) groups excluding carboxylic acids is 8. The fourth-order valence-electron chi connectivity index (χ4n) is 5.14. The van der Waals surface area contributed by atoms with Crippen LogP contribution >= 0.6 is 0 Å². The Morgan fingerprint density at radius 2 is 1.07 bits per heavy atom. The molecular weight excluding hydrogens is 742 g/mol. The van der Waals surface area contributed by atoms with Crippen LogP contribution in [-0.2, 0) is 72.1 Å². The molecule has 0 heterocycles. The molecule has 0 saturated heterocycles. The number of hydrogen-bond donors (Lipinski definition) is 5. The summed E-state index contributed by atoms with van der Waals surface area (Å²) in [6, 6.07) is 22.7. The van der Waals surface area contributed by atoms with Crippen LogP contribution in [-0.4, -0.2) is 93.1 Å². The van der Waals surface area contributed by atoms with E-state index in [1.165, 1.54) is 0 Å². The second kappa shape index (κ2) is 24.6. The quantitative estimate of drug-likeness (QED) is 0.0718. The van der Waals surface area contributed by atoms with Crippen molar-refractivity contribution in [3.05, 3.63) is 108 Å². The molecule has 0 aliphatic rings. The summed E-state index contributed by atoms with van der Waals surface area (Å²) in [5.41, 5.74) is 2.17. The van der Waals surface area contributed by atoms with E-state index in [-0.39, 0.29) is 52.0 Å². The number of methoxy groups -OCH3 is 2. The average Bonchev–Trinajstić information content (AvgIpc) is 3.22. The number of nitrogens with one attached hydrogen (secondary N) is 5. The van der Waals surface area contributed by atoms with E-state index in [0.29, 0.717) is 11.1 Å². The van der Waals surface area contributed by atoms with Crippen molar-refractivity contribution in [1.82, 2.24) is 26.6 Å². The summed E-state index contributed by atoms with van der Waals surface area (Å²) in [6.07, 6.45) is -2.17. The number of alkyl carbamates (subject to hydrolysis) is 1. The third kappa shape index (κ3) is 17.5. The first kappa shape index (κ1) is 44.6. The molecule has 57 heavy (non-hydrogen) atoms. The van der Waals surface area contributed by atoms with Crippen molar-refractivity contribution in [2.75, 3.05) is 27.3 Å². The lowest BCUT2D eigenvalue weighted by atomic mass is 10.0. The zero-order valence-electron chi connectivity index (χ0n) is 31.7. The molecule has 0 saturated carbocycles. The fraction of sp³-hybridized carbons (Fsp3) is 0.350. The van der Waals surface area contributed by atoms with E-state index in [0.717, 1.165) is 19.8 Å². The molecule has 0 fully saturated rings. The van der Waals surface area contributed by atoms with Crippen LogP contribution in [0.2, 0.25) is 0 Å². The highest BCUT2D eigenvalue weighted by Crippen LogP contribution is 2.07. The fourth-order valence-corrected chi connectivity index (χ4v) is 5.14. The molecule has 0 aromatic heterocycles. The summed E-state index contributed by atoms with van der Waals surface area (Å²) in [4.78, 5) is 101. The predicted molar refractivity (Wildman–Crippen MR) is 202 cm³/mol. The first-order chi connectivity index (χ1) is 27.5. The maximum atomic E-state index is 13.3. The van der Waals surface area contributed by atoms with Crippen LogP contribution in [0, 0.1) is 0 Å². The maximum absolute atomic E-state index is 13.3. The number of benzene rings is 3. The van der Waals surface area contributed by atoms with E-state index in [4.69, 9.17) is 18.9 Å². The average molecular weight is 790 g/mol. The standard InChI is InChI=1S/C40H47N5O12/c1-54-38(51)30(18-19-33(46)42-24-36(49)56-25-28-14-8-4-9-15-28)43-34(47)20-21-41-37(50)31(22-27-12-6-3-7-13-27)44-35(48)23-32(39(52)55-2)45-40(53)57-26-29-16-10-5-11-17-29/h3-17,30-32H,18-26H2,1-2H3,(H,41,50)(H,42,46)(H,43,47)(H,44,48)(H,45,53)/t30-,31+,32-/m1/s1. The Morgan fingerprint density at radius 3 is 1.65 bits per heavy atom.